The zero-order valence-corrected chi connectivity index (χ0v) is 9.17. The van der Waals surface area contributed by atoms with Gasteiger partial charge in [0.25, 0.3) is 0 Å². The molecule has 3 nitrogen and oxygen atoms in total. The molecular weight excluding hydrogens is 166 g/mol. The number of aliphatic hydroxyl groups is 2. The molecule has 0 unspecified atom stereocenters. The van der Waals surface area contributed by atoms with Gasteiger partial charge >= 0.3 is 0 Å². The Labute approximate surface area is 81.2 Å². The second-order valence-corrected chi connectivity index (χ2v) is 4.08. The largest absolute Gasteiger partial charge is 0.392 e. The van der Waals surface area contributed by atoms with Gasteiger partial charge in [0.1, 0.15) is 0 Å². The van der Waals surface area contributed by atoms with E-state index in [1.54, 1.807) is 14.0 Å². The molecule has 0 aromatic carbocycles. The average molecular weight is 189 g/mol. The van der Waals surface area contributed by atoms with Gasteiger partial charge in [-0.2, -0.15) is 0 Å². The molecule has 0 aromatic rings. The Morgan fingerprint density at radius 1 is 1.46 bits per heavy atom. The van der Waals surface area contributed by atoms with Crippen LogP contribution in [-0.4, -0.2) is 35.5 Å². The predicted molar refractivity (Wildman–Crippen MR) is 54.6 cm³/mol. The molecule has 0 heterocycles. The molecule has 0 aliphatic rings. The highest BCUT2D eigenvalue weighted by Gasteiger charge is 2.29. The summed E-state index contributed by atoms with van der Waals surface area (Å²) in [5.41, 5.74) is -0.759. The number of likely N-dealkylation sites (N-methyl/N-ethyl adjacent to an activating group) is 1. The second-order valence-electron chi connectivity index (χ2n) is 4.08. The minimum Gasteiger partial charge on any atom is -0.392 e. The third-order valence-electron chi connectivity index (χ3n) is 2.76. The van der Waals surface area contributed by atoms with Crippen LogP contribution < -0.4 is 5.32 Å². The quantitative estimate of drug-likeness (QED) is 0.578. The monoisotopic (exact) mass is 189 g/mol. The first-order valence-corrected chi connectivity index (χ1v) is 4.99. The van der Waals surface area contributed by atoms with E-state index in [2.05, 4.69) is 5.32 Å². The van der Waals surface area contributed by atoms with Crippen LogP contribution in [0.25, 0.3) is 0 Å². The molecule has 3 heteroatoms. The van der Waals surface area contributed by atoms with Crippen molar-refractivity contribution in [2.45, 2.75) is 45.3 Å². The summed E-state index contributed by atoms with van der Waals surface area (Å²) >= 11 is 0. The molecule has 0 aromatic heterocycles. The number of hydrogen-bond donors (Lipinski definition) is 3. The molecule has 0 aliphatic carbocycles. The van der Waals surface area contributed by atoms with Crippen LogP contribution in [0.15, 0.2) is 0 Å². The third-order valence-corrected chi connectivity index (χ3v) is 2.76. The number of hydrogen-bond acceptors (Lipinski definition) is 3. The molecule has 3 N–H and O–H groups in total. The van der Waals surface area contributed by atoms with E-state index >= 15 is 0 Å². The van der Waals surface area contributed by atoms with Crippen molar-refractivity contribution in [3.8, 4) is 0 Å². The fourth-order valence-corrected chi connectivity index (χ4v) is 1.43. The van der Waals surface area contributed by atoms with Gasteiger partial charge < -0.3 is 15.5 Å². The first-order chi connectivity index (χ1) is 5.94. The Morgan fingerprint density at radius 2 is 2.00 bits per heavy atom. The minimum absolute atomic E-state index is 0.221. The Bertz CT molecular complexity index is 137. The first kappa shape index (κ1) is 12.9. The highest BCUT2D eigenvalue weighted by atomic mass is 16.3. The molecule has 0 bridgehead atoms. The molecule has 0 rings (SSSR count). The third kappa shape index (κ3) is 4.60. The highest BCUT2D eigenvalue weighted by Crippen LogP contribution is 2.24. The van der Waals surface area contributed by atoms with Gasteiger partial charge in [-0.25, -0.2) is 0 Å². The smallest absolute Gasteiger partial charge is 0.0691 e. The normalized spacial score (nSPS) is 20.8. The number of nitrogens with one attached hydrogen (secondary N) is 1. The van der Waals surface area contributed by atoms with E-state index < -0.39 is 11.7 Å². The van der Waals surface area contributed by atoms with Gasteiger partial charge in [0.15, 0.2) is 0 Å². The van der Waals surface area contributed by atoms with Crippen LogP contribution in [0.4, 0.5) is 0 Å². The molecule has 3 atom stereocenters. The lowest BCUT2D eigenvalue weighted by molar-refractivity contribution is -0.0364. The molecule has 0 saturated heterocycles. The van der Waals surface area contributed by atoms with E-state index in [9.17, 15) is 10.2 Å². The average Bonchev–Trinajstić information content (AvgIpc) is 2.02. The highest BCUT2D eigenvalue weighted by molar-refractivity contribution is 4.81. The van der Waals surface area contributed by atoms with Crippen LogP contribution in [0.1, 0.15) is 33.6 Å². The molecule has 0 saturated carbocycles. The van der Waals surface area contributed by atoms with Gasteiger partial charge in [0, 0.05) is 13.0 Å². The van der Waals surface area contributed by atoms with Crippen molar-refractivity contribution in [3.63, 3.8) is 0 Å². The van der Waals surface area contributed by atoms with Crippen molar-refractivity contribution >= 4 is 0 Å². The maximum atomic E-state index is 9.99. The Morgan fingerprint density at radius 3 is 2.38 bits per heavy atom. The lowest BCUT2D eigenvalue weighted by Crippen LogP contribution is -2.39. The first-order valence-electron chi connectivity index (χ1n) is 4.99. The van der Waals surface area contributed by atoms with Gasteiger partial charge in [-0.05, 0) is 19.9 Å². The van der Waals surface area contributed by atoms with Crippen molar-refractivity contribution in [1.29, 1.82) is 0 Å². The lowest BCUT2D eigenvalue weighted by atomic mass is 9.84. The molecule has 80 valence electrons. The van der Waals surface area contributed by atoms with E-state index in [0.717, 1.165) is 6.42 Å². The van der Waals surface area contributed by atoms with Crippen LogP contribution in [0.3, 0.4) is 0 Å². The molecule has 0 amide bonds. The van der Waals surface area contributed by atoms with Crippen LogP contribution >= 0.6 is 0 Å². The van der Waals surface area contributed by atoms with Gasteiger partial charge in [-0.3, -0.25) is 0 Å². The van der Waals surface area contributed by atoms with E-state index in [-0.39, 0.29) is 5.92 Å². The SMILES string of the molecule is CC[C@H](C)[C@](C)(O)C[C@@H](O)CNC. The Kier molecular flexibility index (Phi) is 5.53. The molecule has 0 spiro atoms. The van der Waals surface area contributed by atoms with Gasteiger partial charge in [0.2, 0.25) is 0 Å². The molecule has 13 heavy (non-hydrogen) atoms. The van der Waals surface area contributed by atoms with Crippen LogP contribution in [0.2, 0.25) is 0 Å². The van der Waals surface area contributed by atoms with Crippen molar-refractivity contribution in [2.75, 3.05) is 13.6 Å². The van der Waals surface area contributed by atoms with E-state index in [1.165, 1.54) is 0 Å². The predicted octanol–water partition coefficient (Wildman–Crippen LogP) is 0.754. The summed E-state index contributed by atoms with van der Waals surface area (Å²) in [7, 11) is 1.79. The van der Waals surface area contributed by atoms with Gasteiger partial charge in [-0.15, -0.1) is 0 Å². The van der Waals surface area contributed by atoms with Crippen molar-refractivity contribution in [2.24, 2.45) is 5.92 Å². The summed E-state index contributed by atoms with van der Waals surface area (Å²) in [6.07, 6.45) is 0.899. The zero-order chi connectivity index (χ0) is 10.5. The Balaban J connectivity index is 3.99. The summed E-state index contributed by atoms with van der Waals surface area (Å²) in [4.78, 5) is 0. The minimum atomic E-state index is -0.759. The van der Waals surface area contributed by atoms with Crippen molar-refractivity contribution < 1.29 is 10.2 Å². The second kappa shape index (κ2) is 5.58. The zero-order valence-electron chi connectivity index (χ0n) is 9.17. The molecule has 0 fully saturated rings. The van der Waals surface area contributed by atoms with Crippen LogP contribution in [0, 0.1) is 5.92 Å². The number of aliphatic hydroxyl groups excluding tert-OH is 1. The topological polar surface area (TPSA) is 52.5 Å². The fourth-order valence-electron chi connectivity index (χ4n) is 1.43. The fraction of sp³-hybridized carbons (Fsp3) is 1.00. The van der Waals surface area contributed by atoms with E-state index in [0.29, 0.717) is 13.0 Å². The van der Waals surface area contributed by atoms with E-state index in [1.807, 2.05) is 13.8 Å². The summed E-state index contributed by atoms with van der Waals surface area (Å²) in [6.45, 7) is 6.38. The van der Waals surface area contributed by atoms with Crippen molar-refractivity contribution in [1.82, 2.24) is 5.32 Å². The Hall–Kier alpha value is -0.120. The molecule has 0 radical (unpaired) electrons. The van der Waals surface area contributed by atoms with Gasteiger partial charge in [0.05, 0.1) is 11.7 Å². The standard InChI is InChI=1S/C10H23NO2/c1-5-8(2)10(3,13)6-9(12)7-11-4/h8-9,11-13H,5-7H2,1-4H3/t8-,9+,10+/m0/s1. The maximum Gasteiger partial charge on any atom is 0.0691 e. The molecule has 0 aliphatic heterocycles. The van der Waals surface area contributed by atoms with E-state index in [4.69, 9.17) is 0 Å². The van der Waals surface area contributed by atoms with Gasteiger partial charge in [-0.1, -0.05) is 20.3 Å². The van der Waals surface area contributed by atoms with Crippen molar-refractivity contribution in [3.05, 3.63) is 0 Å². The maximum absolute atomic E-state index is 9.99. The summed E-state index contributed by atoms with van der Waals surface area (Å²) < 4.78 is 0. The van der Waals surface area contributed by atoms with Crippen LogP contribution in [-0.2, 0) is 0 Å². The molecular formula is C10H23NO2. The lowest BCUT2D eigenvalue weighted by Gasteiger charge is -2.31. The number of rotatable bonds is 6. The summed E-state index contributed by atoms with van der Waals surface area (Å²) in [5, 5.41) is 22.4. The summed E-state index contributed by atoms with van der Waals surface area (Å²) in [5.74, 6) is 0.221. The van der Waals surface area contributed by atoms with Crippen LogP contribution in [0.5, 0.6) is 0 Å². The summed E-state index contributed by atoms with van der Waals surface area (Å²) in [6, 6.07) is 0.